The highest BCUT2D eigenvalue weighted by Gasteiger charge is 2.42. The van der Waals surface area contributed by atoms with Gasteiger partial charge in [-0.25, -0.2) is 0 Å². The number of hydrogen-bond donors (Lipinski definition) is 0. The van der Waals surface area contributed by atoms with E-state index in [1.54, 1.807) is 0 Å². The first-order valence-electron chi connectivity index (χ1n) is 14.6. The van der Waals surface area contributed by atoms with Gasteiger partial charge in [0.2, 0.25) is 5.69 Å². The molecule has 5 heteroatoms. The number of benzene rings is 2. The normalized spacial score (nSPS) is 20.9. The monoisotopic (exact) mass is 685 g/mol. The average molecular weight is 686 g/mol. The number of hydrogen-bond acceptors (Lipinski definition) is 3. The van der Waals surface area contributed by atoms with E-state index >= 15 is 0 Å². The van der Waals surface area contributed by atoms with Crippen molar-refractivity contribution in [2.24, 2.45) is 0 Å². The van der Waals surface area contributed by atoms with Gasteiger partial charge in [0.15, 0.2) is 5.71 Å². The Bertz CT molecular complexity index is 1660. The highest BCUT2D eigenvalue weighted by molar-refractivity contribution is 8.03. The number of para-hydroxylation sites is 2. The van der Waals surface area contributed by atoms with Crippen LogP contribution in [0.2, 0.25) is 0 Å². The minimum atomic E-state index is -0.0355. The lowest BCUT2D eigenvalue weighted by atomic mass is 9.81. The van der Waals surface area contributed by atoms with Crippen molar-refractivity contribution in [1.82, 2.24) is 4.98 Å². The molecule has 0 bridgehead atoms. The predicted octanol–water partition coefficient (Wildman–Crippen LogP) is 6.12. The number of allylic oxidation sites excluding steroid dienone is 7. The van der Waals surface area contributed by atoms with E-state index in [9.17, 15) is 0 Å². The summed E-state index contributed by atoms with van der Waals surface area (Å²) in [7, 11) is 4.40. The number of thioether (sulfide) groups is 1. The Morgan fingerprint density at radius 1 is 0.833 bits per heavy atom. The van der Waals surface area contributed by atoms with Gasteiger partial charge in [0.1, 0.15) is 7.05 Å². The fourth-order valence-corrected chi connectivity index (χ4v) is 7.93. The molecule has 6 rings (SSSR count). The van der Waals surface area contributed by atoms with Gasteiger partial charge in [-0.1, -0.05) is 74.2 Å². The van der Waals surface area contributed by atoms with Gasteiger partial charge in [0.05, 0.1) is 5.41 Å². The molecule has 0 spiro atoms. The van der Waals surface area contributed by atoms with Crippen LogP contribution in [0.3, 0.4) is 0 Å². The second-order valence-corrected chi connectivity index (χ2v) is 13.4. The van der Waals surface area contributed by atoms with Crippen molar-refractivity contribution < 1.29 is 28.6 Å². The van der Waals surface area contributed by atoms with Crippen LogP contribution < -0.4 is 28.9 Å². The lowest BCUT2D eigenvalue weighted by Gasteiger charge is -2.25. The summed E-state index contributed by atoms with van der Waals surface area (Å²) in [5.74, 6) is 0. The third kappa shape index (κ3) is 5.35. The summed E-state index contributed by atoms with van der Waals surface area (Å²) in [5, 5.41) is 0. The molecule has 3 nitrogen and oxygen atoms in total. The zero-order valence-electron chi connectivity index (χ0n) is 25.5. The summed E-state index contributed by atoms with van der Waals surface area (Å²) in [5.41, 5.74) is 10.8. The third-order valence-corrected chi connectivity index (χ3v) is 10.3. The SMILES string of the molecule is CN1/C(=C/C=C2\CCCC(/C=C/C3=[N+](C)c4ccccc4C3(C)C)=C2Sc2ccncc2)C(C)(C)c2ccccc21.[I-]. The lowest BCUT2D eigenvalue weighted by Crippen LogP contribution is -3.00. The Balaban J connectivity index is 0.00000353. The van der Waals surface area contributed by atoms with E-state index in [1.165, 1.54) is 54.9 Å². The van der Waals surface area contributed by atoms with E-state index in [0.29, 0.717) is 0 Å². The second kappa shape index (κ2) is 12.0. The van der Waals surface area contributed by atoms with Crippen molar-refractivity contribution in [3.8, 4) is 0 Å². The highest BCUT2D eigenvalue weighted by atomic mass is 127. The molecule has 3 aliphatic rings. The molecule has 3 aromatic rings. The lowest BCUT2D eigenvalue weighted by molar-refractivity contribution is -0.401. The maximum Gasteiger partial charge on any atom is 0.209 e. The molecule has 0 atom stereocenters. The van der Waals surface area contributed by atoms with Crippen LogP contribution in [0.5, 0.6) is 0 Å². The smallest absolute Gasteiger partial charge is 0.209 e. The van der Waals surface area contributed by atoms with E-state index < -0.39 is 0 Å². The zero-order valence-corrected chi connectivity index (χ0v) is 28.5. The molecule has 0 saturated carbocycles. The van der Waals surface area contributed by atoms with Gasteiger partial charge in [0, 0.05) is 63.7 Å². The van der Waals surface area contributed by atoms with Crippen molar-refractivity contribution in [3.63, 3.8) is 0 Å². The maximum atomic E-state index is 4.26. The van der Waals surface area contributed by atoms with Crippen LogP contribution in [-0.2, 0) is 10.8 Å². The minimum Gasteiger partial charge on any atom is -1.00 e. The number of pyridine rings is 1. The summed E-state index contributed by atoms with van der Waals surface area (Å²) >= 11 is 1.88. The highest BCUT2D eigenvalue weighted by Crippen LogP contribution is 2.47. The predicted molar refractivity (Wildman–Crippen MR) is 174 cm³/mol. The third-order valence-electron chi connectivity index (χ3n) is 9.11. The Hall–Kier alpha value is -2.90. The van der Waals surface area contributed by atoms with Crippen molar-refractivity contribution in [1.29, 1.82) is 0 Å². The number of halogens is 1. The molecule has 216 valence electrons. The number of fused-ring (bicyclic) bond motifs is 2. The number of likely N-dealkylation sites (N-methyl/N-ethyl adjacent to an activating group) is 1. The van der Waals surface area contributed by atoms with Crippen molar-refractivity contribution in [2.75, 3.05) is 19.0 Å². The fraction of sp³-hybridized carbons (Fsp3) is 0.297. The topological polar surface area (TPSA) is 19.1 Å². The molecule has 42 heavy (non-hydrogen) atoms. The van der Waals surface area contributed by atoms with Crippen LogP contribution in [0.1, 0.15) is 58.1 Å². The first-order chi connectivity index (χ1) is 19.7. The van der Waals surface area contributed by atoms with Crippen LogP contribution in [0.4, 0.5) is 11.4 Å². The number of nitrogens with zero attached hydrogens (tertiary/aromatic N) is 3. The van der Waals surface area contributed by atoms with Gasteiger partial charge >= 0.3 is 0 Å². The molecule has 0 fully saturated rings. The van der Waals surface area contributed by atoms with Crippen molar-refractivity contribution in [2.45, 2.75) is 62.7 Å². The Morgan fingerprint density at radius 2 is 1.52 bits per heavy atom. The van der Waals surface area contributed by atoms with E-state index in [2.05, 4.69) is 141 Å². The molecule has 2 aromatic carbocycles. The zero-order chi connectivity index (χ0) is 28.8. The van der Waals surface area contributed by atoms with Crippen molar-refractivity contribution in [3.05, 3.63) is 130 Å². The standard InChI is InChI=1S/C37H40N3S.HI/c1-36(2)29-14-7-9-16-31(29)39(5)33(36)20-18-26-12-11-13-27(35(26)41-28-22-24-38-25-23-28)19-21-34-37(3,4)30-15-8-10-17-32(30)40(34)6;/h7-10,14-25H,11-13H2,1-6H3;1H/q+1;/p-1. The second-order valence-electron chi connectivity index (χ2n) is 12.4. The Labute approximate surface area is 272 Å². The summed E-state index contributed by atoms with van der Waals surface area (Å²) in [6.07, 6.45) is 16.6. The van der Waals surface area contributed by atoms with Gasteiger partial charge in [-0.05, 0) is 74.1 Å². The summed E-state index contributed by atoms with van der Waals surface area (Å²) in [6.45, 7) is 9.36. The molecule has 0 unspecified atom stereocenters. The molecular weight excluding hydrogens is 645 g/mol. The molecule has 0 saturated heterocycles. The first kappa shape index (κ1) is 30.6. The van der Waals surface area contributed by atoms with Crippen molar-refractivity contribution >= 4 is 28.8 Å². The summed E-state index contributed by atoms with van der Waals surface area (Å²) in [6, 6.07) is 21.8. The maximum absolute atomic E-state index is 4.26. The molecule has 0 radical (unpaired) electrons. The quantitative estimate of drug-likeness (QED) is 0.239. The van der Waals surface area contributed by atoms with Gasteiger partial charge < -0.3 is 28.9 Å². The number of rotatable bonds is 5. The van der Waals surface area contributed by atoms with Gasteiger partial charge in [-0.15, -0.1) is 0 Å². The molecular formula is C37H40IN3S. The summed E-state index contributed by atoms with van der Waals surface area (Å²) < 4.78 is 2.36. The van der Waals surface area contributed by atoms with Crippen LogP contribution >= 0.6 is 11.8 Å². The molecule has 1 aliphatic carbocycles. The molecule has 3 heterocycles. The fourth-order valence-electron chi connectivity index (χ4n) is 6.84. The first-order valence-corrected chi connectivity index (χ1v) is 15.5. The Kier molecular flexibility index (Phi) is 8.73. The molecule has 0 amide bonds. The van der Waals surface area contributed by atoms with Crippen LogP contribution in [0.25, 0.3) is 0 Å². The van der Waals surface area contributed by atoms with Gasteiger partial charge in [-0.3, -0.25) is 4.98 Å². The Morgan fingerprint density at radius 3 is 2.24 bits per heavy atom. The largest absolute Gasteiger partial charge is 1.00 e. The molecule has 0 N–H and O–H groups in total. The molecule has 1 aromatic heterocycles. The van der Waals surface area contributed by atoms with Crippen LogP contribution in [0, 0.1) is 0 Å². The number of anilines is 1. The minimum absolute atomic E-state index is 0. The van der Waals surface area contributed by atoms with Crippen LogP contribution in [-0.4, -0.2) is 29.4 Å². The van der Waals surface area contributed by atoms with Crippen LogP contribution in [0.15, 0.2) is 124 Å². The van der Waals surface area contributed by atoms with E-state index in [4.69, 9.17) is 0 Å². The average Bonchev–Trinajstić information content (AvgIpc) is 3.29. The van der Waals surface area contributed by atoms with Gasteiger partial charge in [0.25, 0.3) is 0 Å². The van der Waals surface area contributed by atoms with E-state index in [0.717, 1.165) is 19.3 Å². The van der Waals surface area contributed by atoms with E-state index in [1.807, 2.05) is 24.2 Å². The molecule has 2 aliphatic heterocycles. The summed E-state index contributed by atoms with van der Waals surface area (Å²) in [4.78, 5) is 9.23. The van der Waals surface area contributed by atoms with Gasteiger partial charge in [-0.2, -0.15) is 4.58 Å². The van der Waals surface area contributed by atoms with E-state index in [-0.39, 0.29) is 34.8 Å². The number of aromatic nitrogens is 1.